The van der Waals surface area contributed by atoms with Crippen LogP contribution in [0.5, 0.6) is 0 Å². The first-order valence-electron chi connectivity index (χ1n) is 7.23. The van der Waals surface area contributed by atoms with E-state index >= 15 is 0 Å². The van der Waals surface area contributed by atoms with Crippen molar-refractivity contribution in [1.29, 1.82) is 0 Å². The summed E-state index contributed by atoms with van der Waals surface area (Å²) in [6.07, 6.45) is 6.17. The Bertz CT molecular complexity index is 420. The van der Waals surface area contributed by atoms with Gasteiger partial charge in [-0.2, -0.15) is 0 Å². The average Bonchev–Trinajstić information content (AvgIpc) is 2.28. The Morgan fingerprint density at radius 1 is 1.00 bits per heavy atom. The summed E-state index contributed by atoms with van der Waals surface area (Å²) >= 11 is 0. The fourth-order valence-electron chi connectivity index (χ4n) is 2.97. The van der Waals surface area contributed by atoms with E-state index in [1.807, 2.05) is 0 Å². The SMILES string of the molecule is Cc1cc(C(C)(C)C)cc(C2(N)CCCCC2)c1. The molecule has 1 nitrogen and oxygen atoms in total. The molecule has 18 heavy (non-hydrogen) atoms. The van der Waals surface area contributed by atoms with Crippen LogP contribution in [0, 0.1) is 6.92 Å². The van der Waals surface area contributed by atoms with Gasteiger partial charge in [-0.25, -0.2) is 0 Å². The summed E-state index contributed by atoms with van der Waals surface area (Å²) < 4.78 is 0. The van der Waals surface area contributed by atoms with Crippen LogP contribution in [0.4, 0.5) is 0 Å². The Balaban J connectivity index is 2.41. The van der Waals surface area contributed by atoms with Crippen LogP contribution in [0.15, 0.2) is 18.2 Å². The molecule has 1 aliphatic rings. The summed E-state index contributed by atoms with van der Waals surface area (Å²) in [6.45, 7) is 9.01. The number of hydrogen-bond acceptors (Lipinski definition) is 1. The van der Waals surface area contributed by atoms with Gasteiger partial charge in [-0.05, 0) is 36.3 Å². The van der Waals surface area contributed by atoms with Gasteiger partial charge < -0.3 is 5.73 Å². The van der Waals surface area contributed by atoms with Gasteiger partial charge in [0.2, 0.25) is 0 Å². The molecule has 0 aromatic heterocycles. The highest BCUT2D eigenvalue weighted by molar-refractivity contribution is 5.37. The third-order valence-electron chi connectivity index (χ3n) is 4.26. The van der Waals surface area contributed by atoms with Crippen molar-refractivity contribution < 1.29 is 0 Å². The normalized spacial score (nSPS) is 19.8. The van der Waals surface area contributed by atoms with E-state index in [4.69, 9.17) is 5.73 Å². The molecule has 0 unspecified atom stereocenters. The summed E-state index contributed by atoms with van der Waals surface area (Å²) in [7, 11) is 0. The standard InChI is InChI=1S/C17H27N/c1-13-10-14(16(2,3)4)12-15(11-13)17(18)8-6-5-7-9-17/h10-12H,5-9,18H2,1-4H3. The molecule has 1 aromatic carbocycles. The minimum absolute atomic E-state index is 0.0791. The van der Waals surface area contributed by atoms with E-state index in [0.29, 0.717) is 0 Å². The number of rotatable bonds is 1. The summed E-state index contributed by atoms with van der Waals surface area (Å²) in [6, 6.07) is 6.94. The zero-order chi connectivity index (χ0) is 13.4. The van der Waals surface area contributed by atoms with Crippen LogP contribution in [-0.2, 0) is 11.0 Å². The van der Waals surface area contributed by atoms with Gasteiger partial charge in [-0.15, -0.1) is 0 Å². The van der Waals surface area contributed by atoms with E-state index in [1.54, 1.807) is 0 Å². The molecule has 2 N–H and O–H groups in total. The Morgan fingerprint density at radius 2 is 1.61 bits per heavy atom. The third-order valence-corrected chi connectivity index (χ3v) is 4.26. The van der Waals surface area contributed by atoms with Crippen LogP contribution in [-0.4, -0.2) is 0 Å². The van der Waals surface area contributed by atoms with Gasteiger partial charge in [-0.3, -0.25) is 0 Å². The smallest absolute Gasteiger partial charge is 0.0409 e. The van der Waals surface area contributed by atoms with E-state index < -0.39 is 0 Å². The molecule has 1 heteroatoms. The highest BCUT2D eigenvalue weighted by Crippen LogP contribution is 2.37. The molecule has 0 saturated heterocycles. The number of hydrogen-bond donors (Lipinski definition) is 1. The van der Waals surface area contributed by atoms with Crippen molar-refractivity contribution in [1.82, 2.24) is 0 Å². The third kappa shape index (κ3) is 2.77. The van der Waals surface area contributed by atoms with E-state index in [-0.39, 0.29) is 11.0 Å². The van der Waals surface area contributed by atoms with E-state index in [0.717, 1.165) is 12.8 Å². The minimum Gasteiger partial charge on any atom is -0.321 e. The fourth-order valence-corrected chi connectivity index (χ4v) is 2.97. The predicted octanol–water partition coefficient (Wildman–Crippen LogP) is 4.41. The molecule has 0 amide bonds. The molecule has 1 aliphatic carbocycles. The van der Waals surface area contributed by atoms with Crippen molar-refractivity contribution in [3.05, 3.63) is 34.9 Å². The second-order valence-corrected chi connectivity index (χ2v) is 7.05. The molecule has 0 bridgehead atoms. The van der Waals surface area contributed by atoms with Gasteiger partial charge in [0.1, 0.15) is 0 Å². The minimum atomic E-state index is -0.0791. The van der Waals surface area contributed by atoms with Crippen LogP contribution >= 0.6 is 0 Å². The van der Waals surface area contributed by atoms with E-state index in [1.165, 1.54) is 36.0 Å². The van der Waals surface area contributed by atoms with Gasteiger partial charge in [0.25, 0.3) is 0 Å². The molecule has 1 saturated carbocycles. The molecule has 0 heterocycles. The summed E-state index contributed by atoms with van der Waals surface area (Å²) in [4.78, 5) is 0. The maximum absolute atomic E-state index is 6.66. The quantitative estimate of drug-likeness (QED) is 0.779. The highest BCUT2D eigenvalue weighted by atomic mass is 14.7. The maximum atomic E-state index is 6.66. The molecule has 0 aliphatic heterocycles. The van der Waals surface area contributed by atoms with Gasteiger partial charge in [0, 0.05) is 5.54 Å². The van der Waals surface area contributed by atoms with Crippen molar-refractivity contribution >= 4 is 0 Å². The lowest BCUT2D eigenvalue weighted by Gasteiger charge is -2.35. The number of benzene rings is 1. The van der Waals surface area contributed by atoms with Crippen LogP contribution in [0.3, 0.4) is 0 Å². The molecule has 0 radical (unpaired) electrons. The summed E-state index contributed by atoms with van der Waals surface area (Å²) in [5.41, 5.74) is 10.9. The van der Waals surface area contributed by atoms with Crippen molar-refractivity contribution in [2.24, 2.45) is 5.73 Å². The molecular weight excluding hydrogens is 218 g/mol. The van der Waals surface area contributed by atoms with Gasteiger partial charge in [0.05, 0.1) is 0 Å². The first kappa shape index (κ1) is 13.6. The second kappa shape index (κ2) is 4.70. The van der Waals surface area contributed by atoms with Crippen molar-refractivity contribution in [3.8, 4) is 0 Å². The number of aryl methyl sites for hydroxylation is 1. The Kier molecular flexibility index (Phi) is 3.55. The van der Waals surface area contributed by atoms with Crippen molar-refractivity contribution in [3.63, 3.8) is 0 Å². The fraction of sp³-hybridized carbons (Fsp3) is 0.647. The topological polar surface area (TPSA) is 26.0 Å². The average molecular weight is 245 g/mol. The van der Waals surface area contributed by atoms with Gasteiger partial charge in [-0.1, -0.05) is 63.8 Å². The van der Waals surface area contributed by atoms with Gasteiger partial charge in [0.15, 0.2) is 0 Å². The first-order chi connectivity index (χ1) is 8.31. The largest absolute Gasteiger partial charge is 0.321 e. The molecule has 1 aromatic rings. The molecule has 1 fully saturated rings. The lowest BCUT2D eigenvalue weighted by Crippen LogP contribution is -2.38. The first-order valence-corrected chi connectivity index (χ1v) is 7.23. The van der Waals surface area contributed by atoms with Crippen LogP contribution in [0.1, 0.15) is 69.6 Å². The molecular formula is C17H27N. The lowest BCUT2D eigenvalue weighted by molar-refractivity contribution is 0.302. The monoisotopic (exact) mass is 245 g/mol. The zero-order valence-electron chi connectivity index (χ0n) is 12.3. The summed E-state index contributed by atoms with van der Waals surface area (Å²) in [5, 5.41) is 0. The number of nitrogens with two attached hydrogens (primary N) is 1. The van der Waals surface area contributed by atoms with Gasteiger partial charge >= 0.3 is 0 Å². The van der Waals surface area contributed by atoms with Crippen molar-refractivity contribution in [2.45, 2.75) is 70.8 Å². The molecule has 100 valence electrons. The molecule has 2 rings (SSSR count). The Morgan fingerprint density at radius 3 is 2.17 bits per heavy atom. The molecule has 0 spiro atoms. The van der Waals surface area contributed by atoms with Crippen LogP contribution in [0.2, 0.25) is 0 Å². The summed E-state index contributed by atoms with van der Waals surface area (Å²) in [5.74, 6) is 0. The lowest BCUT2D eigenvalue weighted by atomic mass is 9.75. The predicted molar refractivity (Wildman–Crippen MR) is 78.8 cm³/mol. The van der Waals surface area contributed by atoms with Crippen molar-refractivity contribution in [2.75, 3.05) is 0 Å². The van der Waals surface area contributed by atoms with E-state index in [2.05, 4.69) is 45.9 Å². The Hall–Kier alpha value is -0.820. The van der Waals surface area contributed by atoms with Crippen LogP contribution < -0.4 is 5.73 Å². The highest BCUT2D eigenvalue weighted by Gasteiger charge is 2.30. The maximum Gasteiger partial charge on any atom is 0.0409 e. The molecule has 0 atom stereocenters. The van der Waals surface area contributed by atoms with Crippen LogP contribution in [0.25, 0.3) is 0 Å². The zero-order valence-corrected chi connectivity index (χ0v) is 12.3. The van der Waals surface area contributed by atoms with E-state index in [9.17, 15) is 0 Å². The Labute approximate surface area is 112 Å². The second-order valence-electron chi connectivity index (χ2n) is 7.05.